The molecule has 2 N–H and O–H groups in total. The molecule has 7 nitrogen and oxygen atoms in total. The molecule has 152 valence electrons. The van der Waals surface area contributed by atoms with Gasteiger partial charge in [-0.3, -0.25) is 4.79 Å². The number of carbonyl (C=O) groups excluding carboxylic acids is 1. The van der Waals surface area contributed by atoms with Gasteiger partial charge in [0.05, 0.1) is 23.8 Å². The molecule has 1 aromatic carbocycles. The molecule has 0 saturated carbocycles. The number of hydrogen-bond acceptors (Lipinski definition) is 5. The van der Waals surface area contributed by atoms with E-state index in [0.29, 0.717) is 5.69 Å². The maximum absolute atomic E-state index is 12.7. The third-order valence-electron chi connectivity index (χ3n) is 4.61. The quantitative estimate of drug-likeness (QED) is 0.732. The molecule has 0 unspecified atom stereocenters. The fourth-order valence-corrected chi connectivity index (χ4v) is 3.13. The van der Waals surface area contributed by atoms with Crippen molar-refractivity contribution in [2.24, 2.45) is 0 Å². The van der Waals surface area contributed by atoms with Gasteiger partial charge in [0.1, 0.15) is 12.4 Å². The van der Waals surface area contributed by atoms with E-state index in [1.807, 2.05) is 0 Å². The van der Waals surface area contributed by atoms with Gasteiger partial charge in [-0.25, -0.2) is 4.68 Å². The third kappa shape index (κ3) is 4.80. The second-order valence-corrected chi connectivity index (χ2v) is 6.58. The smallest absolute Gasteiger partial charge is 0.416 e. The maximum atomic E-state index is 12.7. The summed E-state index contributed by atoms with van der Waals surface area (Å²) in [6, 6.07) is 4.84. The fraction of sp³-hybridized carbons (Fsp3) is 0.500. The highest BCUT2D eigenvalue weighted by atomic mass is 19.4. The minimum absolute atomic E-state index is 0.0362. The number of amides is 1. The summed E-state index contributed by atoms with van der Waals surface area (Å²) >= 11 is 0. The Morgan fingerprint density at radius 2 is 2.11 bits per heavy atom. The van der Waals surface area contributed by atoms with E-state index in [9.17, 15) is 18.0 Å². The summed E-state index contributed by atoms with van der Waals surface area (Å²) in [4.78, 5) is 12.3. The first-order chi connectivity index (χ1) is 13.4. The van der Waals surface area contributed by atoms with Crippen molar-refractivity contribution in [2.75, 3.05) is 26.2 Å². The average Bonchev–Trinajstić information content (AvgIpc) is 3.07. The zero-order valence-electron chi connectivity index (χ0n) is 15.4. The van der Waals surface area contributed by atoms with E-state index in [0.717, 1.165) is 38.1 Å². The number of alkyl halides is 3. The number of nitrogens with one attached hydrogen (secondary N) is 2. The van der Waals surface area contributed by atoms with Crippen LogP contribution in [0.2, 0.25) is 0 Å². The summed E-state index contributed by atoms with van der Waals surface area (Å²) in [5.74, 6) is -0.289. The first-order valence-electron chi connectivity index (χ1n) is 9.07. The van der Waals surface area contributed by atoms with Crippen molar-refractivity contribution in [3.63, 3.8) is 0 Å². The lowest BCUT2D eigenvalue weighted by Crippen LogP contribution is -2.31. The summed E-state index contributed by atoms with van der Waals surface area (Å²) in [5, 5.41) is 14.0. The molecule has 1 amide bonds. The van der Waals surface area contributed by atoms with Crippen molar-refractivity contribution in [2.45, 2.75) is 32.0 Å². The number of rotatable bonds is 6. The van der Waals surface area contributed by atoms with Crippen molar-refractivity contribution in [1.82, 2.24) is 25.6 Å². The highest BCUT2D eigenvalue weighted by Gasteiger charge is 2.30. The molecule has 3 rings (SSSR count). The SMILES string of the molecule is Cc1c(C(=O)NCCOc2cccc(C(F)(F)F)c2)nnn1C1CCNCC1. The molecule has 1 aromatic heterocycles. The molecular weight excluding hydrogens is 375 g/mol. The first kappa shape index (κ1) is 20.1. The Balaban J connectivity index is 1.50. The van der Waals surface area contributed by atoms with Crippen molar-refractivity contribution < 1.29 is 22.7 Å². The predicted octanol–water partition coefficient (Wildman–Crippen LogP) is 2.34. The van der Waals surface area contributed by atoms with Crippen LogP contribution in [0.15, 0.2) is 24.3 Å². The lowest BCUT2D eigenvalue weighted by Gasteiger charge is -2.23. The van der Waals surface area contributed by atoms with Crippen molar-refractivity contribution in [3.8, 4) is 5.75 Å². The van der Waals surface area contributed by atoms with E-state index in [1.165, 1.54) is 12.1 Å². The van der Waals surface area contributed by atoms with Gasteiger partial charge in [-0.15, -0.1) is 5.10 Å². The van der Waals surface area contributed by atoms with Gasteiger partial charge in [0, 0.05) is 0 Å². The largest absolute Gasteiger partial charge is 0.492 e. The maximum Gasteiger partial charge on any atom is 0.416 e. The van der Waals surface area contributed by atoms with Crippen LogP contribution in [0.3, 0.4) is 0 Å². The summed E-state index contributed by atoms with van der Waals surface area (Å²) in [6.45, 7) is 3.77. The van der Waals surface area contributed by atoms with E-state index < -0.39 is 11.7 Å². The molecule has 0 bridgehead atoms. The Labute approximate surface area is 160 Å². The van der Waals surface area contributed by atoms with E-state index in [2.05, 4.69) is 20.9 Å². The molecule has 2 aromatic rings. The van der Waals surface area contributed by atoms with Gasteiger partial charge in [0.25, 0.3) is 5.91 Å². The van der Waals surface area contributed by atoms with Crippen LogP contribution in [-0.2, 0) is 6.18 Å². The van der Waals surface area contributed by atoms with Crippen LogP contribution in [-0.4, -0.2) is 47.1 Å². The van der Waals surface area contributed by atoms with Gasteiger partial charge in [0.15, 0.2) is 5.69 Å². The second kappa shape index (κ2) is 8.59. The van der Waals surface area contributed by atoms with Crippen LogP contribution in [0.4, 0.5) is 13.2 Å². The Kier molecular flexibility index (Phi) is 6.18. The highest BCUT2D eigenvalue weighted by molar-refractivity contribution is 5.93. The molecule has 2 heterocycles. The van der Waals surface area contributed by atoms with E-state index in [-0.39, 0.29) is 36.5 Å². The van der Waals surface area contributed by atoms with Crippen LogP contribution in [0.25, 0.3) is 0 Å². The van der Waals surface area contributed by atoms with Gasteiger partial charge in [-0.1, -0.05) is 11.3 Å². The average molecular weight is 397 g/mol. The van der Waals surface area contributed by atoms with Gasteiger partial charge in [-0.2, -0.15) is 13.2 Å². The fourth-order valence-electron chi connectivity index (χ4n) is 3.13. The zero-order chi connectivity index (χ0) is 20.1. The van der Waals surface area contributed by atoms with Gasteiger partial charge in [-0.05, 0) is 51.1 Å². The van der Waals surface area contributed by atoms with Crippen molar-refractivity contribution >= 4 is 5.91 Å². The van der Waals surface area contributed by atoms with Gasteiger partial charge < -0.3 is 15.4 Å². The Hall–Kier alpha value is -2.62. The van der Waals surface area contributed by atoms with Crippen molar-refractivity contribution in [1.29, 1.82) is 0 Å². The minimum atomic E-state index is -4.43. The number of aromatic nitrogens is 3. The normalized spacial score (nSPS) is 15.4. The van der Waals surface area contributed by atoms with Crippen LogP contribution in [0.5, 0.6) is 5.75 Å². The molecule has 10 heteroatoms. The lowest BCUT2D eigenvalue weighted by molar-refractivity contribution is -0.137. The van der Waals surface area contributed by atoms with Crippen molar-refractivity contribution in [3.05, 3.63) is 41.2 Å². The molecule has 28 heavy (non-hydrogen) atoms. The number of hydrogen-bond donors (Lipinski definition) is 2. The molecule has 1 aliphatic heterocycles. The van der Waals surface area contributed by atoms with Gasteiger partial charge >= 0.3 is 6.18 Å². The lowest BCUT2D eigenvalue weighted by atomic mass is 10.1. The Morgan fingerprint density at radius 1 is 1.36 bits per heavy atom. The molecule has 1 fully saturated rings. The molecule has 0 radical (unpaired) electrons. The van der Waals surface area contributed by atoms with Crippen LogP contribution in [0.1, 0.15) is 40.6 Å². The molecule has 0 aliphatic carbocycles. The number of carbonyl (C=O) groups is 1. The summed E-state index contributed by atoms with van der Waals surface area (Å²) in [7, 11) is 0. The van der Waals surface area contributed by atoms with Crippen LogP contribution >= 0.6 is 0 Å². The molecule has 1 aliphatic rings. The second-order valence-electron chi connectivity index (χ2n) is 6.58. The zero-order valence-corrected chi connectivity index (χ0v) is 15.4. The monoisotopic (exact) mass is 397 g/mol. The molecule has 0 atom stereocenters. The van der Waals surface area contributed by atoms with Crippen LogP contribution < -0.4 is 15.4 Å². The van der Waals surface area contributed by atoms with Crippen LogP contribution in [0, 0.1) is 6.92 Å². The Bertz CT molecular complexity index is 816. The van der Waals surface area contributed by atoms with Gasteiger partial charge in [0.2, 0.25) is 0 Å². The number of piperidine rings is 1. The van der Waals surface area contributed by atoms with E-state index in [4.69, 9.17) is 4.74 Å². The summed E-state index contributed by atoms with van der Waals surface area (Å²) in [5.41, 5.74) is 0.167. The third-order valence-corrected chi connectivity index (χ3v) is 4.61. The highest BCUT2D eigenvalue weighted by Crippen LogP contribution is 2.31. The number of ether oxygens (including phenoxy) is 1. The molecule has 1 saturated heterocycles. The van der Waals surface area contributed by atoms with E-state index >= 15 is 0 Å². The van der Waals surface area contributed by atoms with E-state index in [1.54, 1.807) is 11.6 Å². The number of nitrogens with zero attached hydrogens (tertiary/aromatic N) is 3. The number of benzene rings is 1. The number of halogens is 3. The summed E-state index contributed by atoms with van der Waals surface area (Å²) < 4.78 is 45.2. The first-order valence-corrected chi connectivity index (χ1v) is 9.07. The predicted molar refractivity (Wildman–Crippen MR) is 95.2 cm³/mol. The minimum Gasteiger partial charge on any atom is -0.492 e. The topological polar surface area (TPSA) is 81.1 Å². The summed E-state index contributed by atoms with van der Waals surface area (Å²) in [6.07, 6.45) is -2.57. The molecule has 0 spiro atoms. The molecular formula is C18H22F3N5O2. The Morgan fingerprint density at radius 3 is 2.82 bits per heavy atom. The standard InChI is InChI=1S/C18H22F3N5O2/c1-12-16(24-25-26(12)14-5-7-22-8-6-14)17(27)23-9-10-28-15-4-2-3-13(11-15)18(19,20)21/h2-4,11,14,22H,5-10H2,1H3,(H,23,27).